The van der Waals surface area contributed by atoms with Gasteiger partial charge in [0.25, 0.3) is 0 Å². The smallest absolute Gasteiger partial charge is 0.165 e. The van der Waals surface area contributed by atoms with Crippen molar-refractivity contribution in [3.05, 3.63) is 34.4 Å². The Labute approximate surface area is 135 Å². The van der Waals surface area contributed by atoms with Crippen LogP contribution in [0.1, 0.15) is 68.6 Å². The van der Waals surface area contributed by atoms with Crippen LogP contribution in [0, 0.1) is 0 Å². The molecule has 1 aromatic heterocycles. The van der Waals surface area contributed by atoms with E-state index in [0.717, 1.165) is 27.4 Å². The first-order chi connectivity index (χ1) is 10.2. The van der Waals surface area contributed by atoms with E-state index in [2.05, 4.69) is 27.8 Å². The van der Waals surface area contributed by atoms with Crippen molar-refractivity contribution in [3.8, 4) is 0 Å². The zero-order valence-corrected chi connectivity index (χ0v) is 14.3. The molecule has 0 saturated heterocycles. The number of carbonyl (C=O) groups excluding carboxylic acids is 1. The maximum Gasteiger partial charge on any atom is 0.165 e. The third-order valence-electron chi connectivity index (χ3n) is 3.96. The highest BCUT2D eigenvalue weighted by Crippen LogP contribution is 2.28. The lowest BCUT2D eigenvalue weighted by Crippen LogP contribution is -1.98. The maximum atomic E-state index is 12.4. The van der Waals surface area contributed by atoms with Crippen molar-refractivity contribution in [3.63, 3.8) is 0 Å². The third-order valence-corrected chi connectivity index (χ3v) is 4.62. The zero-order valence-electron chi connectivity index (χ0n) is 12.8. The molecule has 0 atom stereocenters. The standard InChI is InChI=1S/C18H24BrNO/c1-2-3-4-5-6-7-8-12-17(21)14-13-20-16-11-9-10-15(19)18(14)16/h9-11,13,20H,2-8,12H2,1H3. The summed E-state index contributed by atoms with van der Waals surface area (Å²) in [5, 5.41) is 1.02. The minimum Gasteiger partial charge on any atom is -0.360 e. The highest BCUT2D eigenvalue weighted by Gasteiger charge is 2.13. The van der Waals surface area contributed by atoms with Gasteiger partial charge in [0, 0.05) is 33.6 Å². The topological polar surface area (TPSA) is 32.9 Å². The summed E-state index contributed by atoms with van der Waals surface area (Å²) in [6.07, 6.45) is 11.2. The van der Waals surface area contributed by atoms with Crippen molar-refractivity contribution in [2.75, 3.05) is 0 Å². The molecular formula is C18H24BrNO. The zero-order chi connectivity index (χ0) is 15.1. The molecule has 0 aliphatic carbocycles. The van der Waals surface area contributed by atoms with Crippen LogP contribution in [0.4, 0.5) is 0 Å². The van der Waals surface area contributed by atoms with E-state index in [4.69, 9.17) is 0 Å². The number of rotatable bonds is 9. The van der Waals surface area contributed by atoms with Crippen molar-refractivity contribution in [2.45, 2.75) is 58.3 Å². The summed E-state index contributed by atoms with van der Waals surface area (Å²) in [6.45, 7) is 2.23. The van der Waals surface area contributed by atoms with E-state index >= 15 is 0 Å². The lowest BCUT2D eigenvalue weighted by Gasteiger charge is -2.02. The number of unbranched alkanes of at least 4 members (excludes halogenated alkanes) is 6. The van der Waals surface area contributed by atoms with Crippen LogP contribution in [0.5, 0.6) is 0 Å². The van der Waals surface area contributed by atoms with Crippen molar-refractivity contribution < 1.29 is 4.79 Å². The third kappa shape index (κ3) is 4.44. The molecule has 0 saturated carbocycles. The van der Waals surface area contributed by atoms with Crippen molar-refractivity contribution in [1.82, 2.24) is 4.98 Å². The van der Waals surface area contributed by atoms with E-state index in [1.54, 1.807) is 0 Å². The molecule has 3 heteroatoms. The minimum absolute atomic E-state index is 0.252. The molecule has 1 aromatic carbocycles. The average molecular weight is 350 g/mol. The van der Waals surface area contributed by atoms with Crippen LogP contribution in [0.3, 0.4) is 0 Å². The number of hydrogen-bond donors (Lipinski definition) is 1. The molecule has 1 N–H and O–H groups in total. The van der Waals surface area contributed by atoms with Crippen LogP contribution in [-0.4, -0.2) is 10.8 Å². The first-order valence-electron chi connectivity index (χ1n) is 8.03. The molecule has 114 valence electrons. The van der Waals surface area contributed by atoms with Crippen molar-refractivity contribution >= 4 is 32.6 Å². The number of carbonyl (C=O) groups is 1. The summed E-state index contributed by atoms with van der Waals surface area (Å²) in [4.78, 5) is 15.6. The van der Waals surface area contributed by atoms with E-state index < -0.39 is 0 Å². The molecule has 1 heterocycles. The molecule has 0 spiro atoms. The molecule has 0 amide bonds. The number of aromatic nitrogens is 1. The monoisotopic (exact) mass is 349 g/mol. The molecule has 0 radical (unpaired) electrons. The maximum absolute atomic E-state index is 12.4. The Balaban J connectivity index is 1.83. The van der Waals surface area contributed by atoms with E-state index in [0.29, 0.717) is 6.42 Å². The molecule has 0 aliphatic rings. The van der Waals surface area contributed by atoms with Crippen molar-refractivity contribution in [2.24, 2.45) is 0 Å². The molecular weight excluding hydrogens is 326 g/mol. The van der Waals surface area contributed by atoms with Gasteiger partial charge in [-0.15, -0.1) is 0 Å². The quantitative estimate of drug-likeness (QED) is 0.420. The van der Waals surface area contributed by atoms with Gasteiger partial charge in [-0.05, 0) is 18.6 Å². The Kier molecular flexibility index (Phi) is 6.50. The van der Waals surface area contributed by atoms with Crippen LogP contribution in [0.2, 0.25) is 0 Å². The molecule has 0 fully saturated rings. The van der Waals surface area contributed by atoms with Gasteiger partial charge in [0.15, 0.2) is 5.78 Å². The van der Waals surface area contributed by atoms with E-state index in [1.165, 1.54) is 38.5 Å². The van der Waals surface area contributed by atoms with Crippen LogP contribution in [-0.2, 0) is 0 Å². The number of fused-ring (bicyclic) bond motifs is 1. The Morgan fingerprint density at radius 3 is 2.57 bits per heavy atom. The lowest BCUT2D eigenvalue weighted by molar-refractivity contribution is 0.0980. The largest absolute Gasteiger partial charge is 0.360 e. The first-order valence-corrected chi connectivity index (χ1v) is 8.82. The average Bonchev–Trinajstić information content (AvgIpc) is 2.91. The fraction of sp³-hybridized carbons (Fsp3) is 0.500. The number of nitrogens with one attached hydrogen (secondary N) is 1. The van der Waals surface area contributed by atoms with Crippen LogP contribution in [0.25, 0.3) is 10.9 Å². The highest BCUT2D eigenvalue weighted by atomic mass is 79.9. The van der Waals surface area contributed by atoms with E-state index in [9.17, 15) is 4.79 Å². The number of halogens is 1. The fourth-order valence-corrected chi connectivity index (χ4v) is 3.32. The fourth-order valence-electron chi connectivity index (χ4n) is 2.74. The van der Waals surface area contributed by atoms with Gasteiger partial charge < -0.3 is 4.98 Å². The molecule has 2 nitrogen and oxygen atoms in total. The number of benzene rings is 1. The summed E-state index contributed by atoms with van der Waals surface area (Å²) in [5.41, 5.74) is 1.84. The number of H-pyrrole nitrogens is 1. The molecule has 0 aliphatic heterocycles. The number of Topliss-reactive ketones (excluding diaryl/α,β-unsaturated/α-hetero) is 1. The van der Waals surface area contributed by atoms with Gasteiger partial charge in [-0.1, -0.05) is 67.4 Å². The van der Waals surface area contributed by atoms with Crippen LogP contribution in [0.15, 0.2) is 28.9 Å². The predicted molar refractivity (Wildman–Crippen MR) is 92.9 cm³/mol. The molecule has 2 aromatic rings. The number of aromatic amines is 1. The minimum atomic E-state index is 0.252. The molecule has 21 heavy (non-hydrogen) atoms. The lowest BCUT2D eigenvalue weighted by atomic mass is 10.0. The van der Waals surface area contributed by atoms with Gasteiger partial charge in [-0.2, -0.15) is 0 Å². The normalized spacial score (nSPS) is 11.1. The van der Waals surface area contributed by atoms with Crippen LogP contribution < -0.4 is 0 Å². The highest BCUT2D eigenvalue weighted by molar-refractivity contribution is 9.10. The van der Waals surface area contributed by atoms with Gasteiger partial charge in [-0.3, -0.25) is 4.79 Å². The van der Waals surface area contributed by atoms with Gasteiger partial charge in [0.1, 0.15) is 0 Å². The van der Waals surface area contributed by atoms with Gasteiger partial charge >= 0.3 is 0 Å². The molecule has 0 bridgehead atoms. The van der Waals surface area contributed by atoms with E-state index in [1.807, 2.05) is 24.4 Å². The summed E-state index contributed by atoms with van der Waals surface area (Å²) in [5.74, 6) is 0.252. The summed E-state index contributed by atoms with van der Waals surface area (Å²) in [7, 11) is 0. The first kappa shape index (κ1) is 16.3. The molecule has 2 rings (SSSR count). The molecule has 0 unspecified atom stereocenters. The second-order valence-electron chi connectivity index (χ2n) is 5.66. The number of hydrogen-bond acceptors (Lipinski definition) is 1. The predicted octanol–water partition coefficient (Wildman–Crippen LogP) is 6.25. The van der Waals surface area contributed by atoms with Gasteiger partial charge in [0.05, 0.1) is 0 Å². The Morgan fingerprint density at radius 1 is 1.10 bits per heavy atom. The van der Waals surface area contributed by atoms with E-state index in [-0.39, 0.29) is 5.78 Å². The summed E-state index contributed by atoms with van der Waals surface area (Å²) < 4.78 is 0.990. The van der Waals surface area contributed by atoms with Crippen molar-refractivity contribution in [1.29, 1.82) is 0 Å². The Morgan fingerprint density at radius 2 is 1.81 bits per heavy atom. The SMILES string of the molecule is CCCCCCCCCC(=O)c1c[nH]c2cccc(Br)c12. The summed E-state index contributed by atoms with van der Waals surface area (Å²) in [6, 6.07) is 5.97. The second-order valence-corrected chi connectivity index (χ2v) is 6.51. The summed E-state index contributed by atoms with van der Waals surface area (Å²) >= 11 is 3.54. The number of ketones is 1. The van der Waals surface area contributed by atoms with Gasteiger partial charge in [-0.25, -0.2) is 0 Å². The second kappa shape index (κ2) is 8.38. The Bertz CT molecular complexity index is 588. The van der Waals surface area contributed by atoms with Crippen LogP contribution >= 0.6 is 15.9 Å². The van der Waals surface area contributed by atoms with Gasteiger partial charge in [0.2, 0.25) is 0 Å². The Hall–Kier alpha value is -1.09.